The van der Waals surface area contributed by atoms with Gasteiger partial charge in [0.2, 0.25) is 0 Å². The van der Waals surface area contributed by atoms with Crippen LogP contribution in [0.1, 0.15) is 84.5 Å². The van der Waals surface area contributed by atoms with Crippen LogP contribution in [0.5, 0.6) is 0 Å². The molecule has 0 radical (unpaired) electrons. The Morgan fingerprint density at radius 1 is 0.857 bits per heavy atom. The van der Waals surface area contributed by atoms with Crippen LogP contribution in [0, 0.1) is 5.92 Å². The molecule has 0 aliphatic heterocycles. The third-order valence-corrected chi connectivity index (χ3v) is 4.48. The van der Waals surface area contributed by atoms with Crippen LogP contribution in [-0.2, 0) is 0 Å². The van der Waals surface area contributed by atoms with Gasteiger partial charge < -0.3 is 4.48 Å². The number of unbranched alkanes of at least 4 members (excludes halogenated alkanes) is 9. The highest BCUT2D eigenvalue weighted by Gasteiger charge is 2.16. The van der Waals surface area contributed by atoms with Crippen LogP contribution in [0.2, 0.25) is 0 Å². The molecule has 126 valence electrons. The Bertz CT molecular complexity index is 232. The predicted octanol–water partition coefficient (Wildman–Crippen LogP) is 6.20. The largest absolute Gasteiger partial charge is 0.325 e. The third-order valence-electron chi connectivity index (χ3n) is 4.48. The van der Waals surface area contributed by atoms with Crippen LogP contribution >= 0.6 is 0 Å². The summed E-state index contributed by atoms with van der Waals surface area (Å²) < 4.78 is 1.09. The summed E-state index contributed by atoms with van der Waals surface area (Å²) in [6.07, 6.45) is 17.8. The maximum Gasteiger partial charge on any atom is 0.0967 e. The van der Waals surface area contributed by atoms with Gasteiger partial charge in [0, 0.05) is 5.92 Å². The highest BCUT2D eigenvalue weighted by molar-refractivity contribution is 4.65. The van der Waals surface area contributed by atoms with Crippen molar-refractivity contribution in [2.45, 2.75) is 84.5 Å². The molecule has 0 bridgehead atoms. The molecule has 0 aliphatic rings. The quantitative estimate of drug-likeness (QED) is 0.192. The number of hydrogen-bond donors (Lipinski definition) is 0. The van der Waals surface area contributed by atoms with E-state index < -0.39 is 0 Å². The Labute approximate surface area is 135 Å². The maximum absolute atomic E-state index is 3.86. The van der Waals surface area contributed by atoms with Crippen molar-refractivity contribution in [2.24, 2.45) is 5.92 Å². The summed E-state index contributed by atoms with van der Waals surface area (Å²) in [4.78, 5) is 0. The number of rotatable bonds is 15. The lowest BCUT2D eigenvalue weighted by Crippen LogP contribution is -2.42. The second-order valence-corrected chi connectivity index (χ2v) is 7.67. The fourth-order valence-corrected chi connectivity index (χ4v) is 3.34. The summed E-state index contributed by atoms with van der Waals surface area (Å²) in [6.45, 7) is 10.9. The van der Waals surface area contributed by atoms with Crippen molar-refractivity contribution >= 4 is 0 Å². The first kappa shape index (κ1) is 20.7. The number of likely N-dealkylation sites (N-methyl/N-ethyl adjacent to an activating group) is 1. The minimum absolute atomic E-state index is 0.842. The first-order valence-electron chi connectivity index (χ1n) is 9.44. The fraction of sp³-hybridized carbons (Fsp3) is 0.900. The zero-order chi connectivity index (χ0) is 16.0. The summed E-state index contributed by atoms with van der Waals surface area (Å²) in [5.41, 5.74) is 0. The van der Waals surface area contributed by atoms with Crippen LogP contribution in [0.3, 0.4) is 0 Å². The minimum atomic E-state index is 0.842. The maximum atomic E-state index is 3.86. The monoisotopic (exact) mass is 296 g/mol. The highest BCUT2D eigenvalue weighted by atomic mass is 15.3. The van der Waals surface area contributed by atoms with Gasteiger partial charge >= 0.3 is 0 Å². The third kappa shape index (κ3) is 14.4. The topological polar surface area (TPSA) is 0 Å². The summed E-state index contributed by atoms with van der Waals surface area (Å²) in [5, 5.41) is 0. The molecule has 0 fully saturated rings. The van der Waals surface area contributed by atoms with E-state index >= 15 is 0 Å². The Balaban J connectivity index is 3.36. The molecule has 0 aromatic carbocycles. The second kappa shape index (κ2) is 13.4. The molecule has 21 heavy (non-hydrogen) atoms. The molecule has 0 aromatic rings. The van der Waals surface area contributed by atoms with Gasteiger partial charge in [-0.1, -0.05) is 84.6 Å². The van der Waals surface area contributed by atoms with E-state index in [1.54, 1.807) is 0 Å². The van der Waals surface area contributed by atoms with Crippen molar-refractivity contribution in [2.75, 3.05) is 27.2 Å². The lowest BCUT2D eigenvalue weighted by Gasteiger charge is -2.31. The van der Waals surface area contributed by atoms with E-state index in [0.717, 1.165) is 16.9 Å². The average Bonchev–Trinajstić information content (AvgIpc) is 2.40. The van der Waals surface area contributed by atoms with Crippen molar-refractivity contribution in [3.05, 3.63) is 12.7 Å². The predicted molar refractivity (Wildman–Crippen MR) is 97.7 cm³/mol. The first-order chi connectivity index (χ1) is 10.0. The van der Waals surface area contributed by atoms with Gasteiger partial charge in [-0.25, -0.2) is 0 Å². The van der Waals surface area contributed by atoms with Crippen molar-refractivity contribution < 1.29 is 4.48 Å². The van der Waals surface area contributed by atoms with Gasteiger partial charge in [0.05, 0.1) is 27.2 Å². The summed E-state index contributed by atoms with van der Waals surface area (Å²) in [6, 6.07) is 0. The number of nitrogens with zero attached hydrogens (tertiary/aromatic N) is 1. The number of quaternary nitrogens is 1. The van der Waals surface area contributed by atoms with Crippen LogP contribution < -0.4 is 0 Å². The zero-order valence-electron chi connectivity index (χ0n) is 15.5. The normalized spacial score (nSPS) is 13.3. The molecule has 0 saturated heterocycles. The van der Waals surface area contributed by atoms with Gasteiger partial charge in [-0.3, -0.25) is 0 Å². The van der Waals surface area contributed by atoms with Crippen molar-refractivity contribution in [1.82, 2.24) is 0 Å². The molecular formula is C20H42N+. The Morgan fingerprint density at radius 2 is 1.33 bits per heavy atom. The lowest BCUT2D eigenvalue weighted by atomic mass is 10.0. The van der Waals surface area contributed by atoms with Gasteiger partial charge in [-0.2, -0.15) is 0 Å². The van der Waals surface area contributed by atoms with E-state index in [9.17, 15) is 0 Å². The van der Waals surface area contributed by atoms with E-state index in [2.05, 4.69) is 34.5 Å². The van der Waals surface area contributed by atoms with Gasteiger partial charge in [0.15, 0.2) is 0 Å². The molecule has 0 aromatic heterocycles. The molecule has 0 heterocycles. The zero-order valence-corrected chi connectivity index (χ0v) is 15.5. The minimum Gasteiger partial charge on any atom is -0.325 e. The molecule has 0 spiro atoms. The molecule has 0 rings (SSSR count). The van der Waals surface area contributed by atoms with E-state index in [4.69, 9.17) is 0 Å². The molecular weight excluding hydrogens is 254 g/mol. The smallest absolute Gasteiger partial charge is 0.0967 e. The van der Waals surface area contributed by atoms with E-state index in [0.29, 0.717) is 0 Å². The van der Waals surface area contributed by atoms with Crippen molar-refractivity contribution in [1.29, 1.82) is 0 Å². The first-order valence-corrected chi connectivity index (χ1v) is 9.44. The van der Waals surface area contributed by atoms with Gasteiger partial charge in [-0.15, -0.1) is 0 Å². The Kier molecular flexibility index (Phi) is 13.2. The summed E-state index contributed by atoms with van der Waals surface area (Å²) in [5.74, 6) is 0.842. The SMILES string of the molecule is C=CC[N+](C)(C)CC(C)CCCCCCCCCCCC. The molecule has 0 N–H and O–H groups in total. The molecule has 1 heteroatoms. The van der Waals surface area contributed by atoms with E-state index in [-0.39, 0.29) is 0 Å². The fourth-order valence-electron chi connectivity index (χ4n) is 3.34. The van der Waals surface area contributed by atoms with Crippen LogP contribution in [-0.4, -0.2) is 31.7 Å². The molecule has 1 nitrogen and oxygen atoms in total. The van der Waals surface area contributed by atoms with Gasteiger partial charge in [0.1, 0.15) is 0 Å². The highest BCUT2D eigenvalue weighted by Crippen LogP contribution is 2.16. The van der Waals surface area contributed by atoms with Gasteiger partial charge in [-0.05, 0) is 12.5 Å². The van der Waals surface area contributed by atoms with Gasteiger partial charge in [0.25, 0.3) is 0 Å². The summed E-state index contributed by atoms with van der Waals surface area (Å²) in [7, 11) is 4.63. The molecule has 0 saturated carbocycles. The molecule has 0 aliphatic carbocycles. The lowest BCUT2D eigenvalue weighted by molar-refractivity contribution is -0.887. The van der Waals surface area contributed by atoms with E-state index in [1.807, 2.05) is 6.08 Å². The standard InChI is InChI=1S/C20H42N/c1-6-8-9-10-11-12-13-14-15-16-17-20(3)19-21(4,5)18-7-2/h7,20H,2,6,8-19H2,1,3-5H3/q+1. The molecule has 1 unspecified atom stereocenters. The van der Waals surface area contributed by atoms with Crippen molar-refractivity contribution in [3.63, 3.8) is 0 Å². The van der Waals surface area contributed by atoms with Crippen LogP contribution in [0.4, 0.5) is 0 Å². The average molecular weight is 297 g/mol. The van der Waals surface area contributed by atoms with Crippen LogP contribution in [0.15, 0.2) is 12.7 Å². The molecule has 0 amide bonds. The molecule has 1 atom stereocenters. The second-order valence-electron chi connectivity index (χ2n) is 7.67. The van der Waals surface area contributed by atoms with Crippen molar-refractivity contribution in [3.8, 4) is 0 Å². The summed E-state index contributed by atoms with van der Waals surface area (Å²) >= 11 is 0. The van der Waals surface area contributed by atoms with Crippen LogP contribution in [0.25, 0.3) is 0 Å². The number of hydrogen-bond acceptors (Lipinski definition) is 0. The Morgan fingerprint density at radius 3 is 1.81 bits per heavy atom. The van der Waals surface area contributed by atoms with E-state index in [1.165, 1.54) is 77.2 Å². The Hall–Kier alpha value is -0.300.